The fourth-order valence-corrected chi connectivity index (χ4v) is 3.73. The Balaban J connectivity index is 1.18. The lowest BCUT2D eigenvalue weighted by molar-refractivity contribution is 0.254. The lowest BCUT2D eigenvalue weighted by atomic mass is 10.2. The molecule has 0 radical (unpaired) electrons. The highest BCUT2D eigenvalue weighted by molar-refractivity contribution is 5.79. The second-order valence-electron chi connectivity index (χ2n) is 7.86. The van der Waals surface area contributed by atoms with Crippen LogP contribution in [0.3, 0.4) is 0 Å². The van der Waals surface area contributed by atoms with Crippen molar-refractivity contribution in [3.63, 3.8) is 0 Å². The maximum absolute atomic E-state index is 5.61. The topological polar surface area (TPSA) is 94.7 Å². The Labute approximate surface area is 195 Å². The highest BCUT2D eigenvalue weighted by atomic mass is 16.3. The summed E-state index contributed by atoms with van der Waals surface area (Å²) >= 11 is 0. The van der Waals surface area contributed by atoms with Gasteiger partial charge in [0.2, 0.25) is 11.8 Å². The first-order chi connectivity index (χ1) is 16.3. The van der Waals surface area contributed by atoms with Crippen LogP contribution in [-0.2, 0) is 6.54 Å². The number of piperazine rings is 1. The number of benzene rings is 1. The molecule has 174 valence electrons. The number of guanidine groups is 1. The molecule has 0 bridgehead atoms. The van der Waals surface area contributed by atoms with Crippen molar-refractivity contribution in [1.82, 2.24) is 30.5 Å². The van der Waals surface area contributed by atoms with Gasteiger partial charge in [0.15, 0.2) is 5.96 Å². The number of hydrogen-bond donors (Lipinski definition) is 2. The Bertz CT molecular complexity index is 984. The fraction of sp³-hybridized carbons (Fsp3) is 0.417. The number of aromatic nitrogens is 3. The van der Waals surface area contributed by atoms with Crippen LogP contribution in [0.5, 0.6) is 0 Å². The number of nitrogens with one attached hydrogen (secondary N) is 2. The van der Waals surface area contributed by atoms with E-state index in [1.807, 2.05) is 36.4 Å². The normalized spacial score (nSPS) is 14.9. The summed E-state index contributed by atoms with van der Waals surface area (Å²) in [5.41, 5.74) is 1.78. The number of aliphatic imine (C=N–C) groups is 1. The number of nitrogens with zero attached hydrogens (tertiary/aromatic N) is 6. The zero-order chi connectivity index (χ0) is 22.7. The molecule has 2 aromatic heterocycles. The van der Waals surface area contributed by atoms with E-state index < -0.39 is 0 Å². The molecule has 0 spiro atoms. The molecule has 1 aromatic carbocycles. The summed E-state index contributed by atoms with van der Waals surface area (Å²) in [6.07, 6.45) is 6.33. The van der Waals surface area contributed by atoms with Crippen LogP contribution in [-0.4, -0.2) is 71.6 Å². The molecule has 33 heavy (non-hydrogen) atoms. The molecule has 4 rings (SSSR count). The quantitative estimate of drug-likeness (QED) is 0.293. The first kappa shape index (κ1) is 22.7. The van der Waals surface area contributed by atoms with E-state index in [1.54, 1.807) is 18.7 Å². The SMILES string of the molecule is CCNC(=NCc1coc(-c2ccccc2)n1)NCCCN1CCN(c2ncccn2)CC1. The number of oxazole rings is 1. The third kappa shape index (κ3) is 6.76. The van der Waals surface area contributed by atoms with Crippen LogP contribution in [0.2, 0.25) is 0 Å². The average Bonchev–Trinajstić information content (AvgIpc) is 3.36. The molecular formula is C24H32N8O. The minimum atomic E-state index is 0.467. The molecule has 0 saturated carbocycles. The van der Waals surface area contributed by atoms with Gasteiger partial charge >= 0.3 is 0 Å². The van der Waals surface area contributed by atoms with Crippen LogP contribution < -0.4 is 15.5 Å². The van der Waals surface area contributed by atoms with Gasteiger partial charge < -0.3 is 20.0 Å². The van der Waals surface area contributed by atoms with Gasteiger partial charge in [-0.25, -0.2) is 19.9 Å². The Morgan fingerprint density at radius 3 is 2.58 bits per heavy atom. The van der Waals surface area contributed by atoms with E-state index in [0.29, 0.717) is 12.4 Å². The van der Waals surface area contributed by atoms with E-state index in [9.17, 15) is 0 Å². The maximum atomic E-state index is 5.61. The molecule has 0 unspecified atom stereocenters. The van der Waals surface area contributed by atoms with Crippen molar-refractivity contribution in [2.45, 2.75) is 19.9 Å². The van der Waals surface area contributed by atoms with E-state index in [-0.39, 0.29) is 0 Å². The monoisotopic (exact) mass is 448 g/mol. The summed E-state index contributed by atoms with van der Waals surface area (Å²) in [5, 5.41) is 6.73. The minimum Gasteiger partial charge on any atom is -0.444 e. The number of hydrogen-bond acceptors (Lipinski definition) is 7. The predicted octanol–water partition coefficient (Wildman–Crippen LogP) is 2.40. The molecule has 1 fully saturated rings. The zero-order valence-corrected chi connectivity index (χ0v) is 19.2. The predicted molar refractivity (Wildman–Crippen MR) is 130 cm³/mol. The van der Waals surface area contributed by atoms with E-state index >= 15 is 0 Å². The molecule has 0 atom stereocenters. The standard InChI is InChI=1S/C24H32N8O/c1-2-25-23(29-18-21-19-33-22(30-21)20-8-4-3-5-9-20)26-12-7-13-31-14-16-32(17-15-31)24-27-10-6-11-28-24/h3-6,8-11,19H,2,7,12-18H2,1H3,(H2,25,26,29). The Morgan fingerprint density at radius 1 is 1.03 bits per heavy atom. The van der Waals surface area contributed by atoms with Crippen LogP contribution in [0.1, 0.15) is 19.0 Å². The van der Waals surface area contributed by atoms with E-state index in [4.69, 9.17) is 4.42 Å². The van der Waals surface area contributed by atoms with Gasteiger partial charge in [0.1, 0.15) is 12.0 Å². The Hall–Kier alpha value is -3.46. The van der Waals surface area contributed by atoms with Crippen LogP contribution in [0.4, 0.5) is 5.95 Å². The van der Waals surface area contributed by atoms with Crippen molar-refractivity contribution >= 4 is 11.9 Å². The van der Waals surface area contributed by atoms with Crippen LogP contribution in [0.25, 0.3) is 11.5 Å². The second kappa shape index (κ2) is 12.0. The summed E-state index contributed by atoms with van der Waals surface area (Å²) in [7, 11) is 0. The van der Waals surface area contributed by atoms with Gasteiger partial charge in [-0.1, -0.05) is 18.2 Å². The first-order valence-electron chi connectivity index (χ1n) is 11.6. The van der Waals surface area contributed by atoms with Crippen molar-refractivity contribution in [3.05, 3.63) is 60.7 Å². The smallest absolute Gasteiger partial charge is 0.226 e. The van der Waals surface area contributed by atoms with Crippen molar-refractivity contribution in [2.24, 2.45) is 4.99 Å². The lowest BCUT2D eigenvalue weighted by Crippen LogP contribution is -2.47. The molecular weight excluding hydrogens is 416 g/mol. The van der Waals surface area contributed by atoms with E-state index in [0.717, 1.165) is 75.4 Å². The summed E-state index contributed by atoms with van der Waals surface area (Å²) in [4.78, 5) is 22.6. The van der Waals surface area contributed by atoms with Gasteiger partial charge in [0.25, 0.3) is 0 Å². The summed E-state index contributed by atoms with van der Waals surface area (Å²) in [6, 6.07) is 11.8. The maximum Gasteiger partial charge on any atom is 0.226 e. The van der Waals surface area contributed by atoms with Gasteiger partial charge in [-0.15, -0.1) is 0 Å². The summed E-state index contributed by atoms with van der Waals surface area (Å²) in [6.45, 7) is 9.25. The molecule has 9 heteroatoms. The third-order valence-corrected chi connectivity index (χ3v) is 5.47. The molecule has 1 saturated heterocycles. The second-order valence-corrected chi connectivity index (χ2v) is 7.86. The van der Waals surface area contributed by atoms with Crippen molar-refractivity contribution in [2.75, 3.05) is 50.7 Å². The van der Waals surface area contributed by atoms with Crippen molar-refractivity contribution in [3.8, 4) is 11.5 Å². The van der Waals surface area contributed by atoms with E-state index in [1.165, 1.54) is 0 Å². The lowest BCUT2D eigenvalue weighted by Gasteiger charge is -2.34. The van der Waals surface area contributed by atoms with Crippen LogP contribution >= 0.6 is 0 Å². The molecule has 0 aliphatic carbocycles. The van der Waals surface area contributed by atoms with Crippen LogP contribution in [0.15, 0.2) is 64.5 Å². The molecule has 1 aliphatic rings. The molecule has 2 N–H and O–H groups in total. The largest absolute Gasteiger partial charge is 0.444 e. The first-order valence-corrected chi connectivity index (χ1v) is 11.6. The van der Waals surface area contributed by atoms with Gasteiger partial charge in [-0.2, -0.15) is 0 Å². The highest BCUT2D eigenvalue weighted by Crippen LogP contribution is 2.18. The minimum absolute atomic E-state index is 0.467. The number of rotatable bonds is 9. The van der Waals surface area contributed by atoms with Crippen LogP contribution in [0, 0.1) is 0 Å². The van der Waals surface area contributed by atoms with Gasteiger partial charge in [-0.05, 0) is 38.1 Å². The van der Waals surface area contributed by atoms with Crippen molar-refractivity contribution in [1.29, 1.82) is 0 Å². The zero-order valence-electron chi connectivity index (χ0n) is 19.2. The Morgan fingerprint density at radius 2 is 1.82 bits per heavy atom. The molecule has 9 nitrogen and oxygen atoms in total. The fourth-order valence-electron chi connectivity index (χ4n) is 3.73. The molecule has 1 aliphatic heterocycles. The average molecular weight is 449 g/mol. The number of anilines is 1. The molecule has 0 amide bonds. The van der Waals surface area contributed by atoms with E-state index in [2.05, 4.69) is 47.3 Å². The van der Waals surface area contributed by atoms with Crippen molar-refractivity contribution < 1.29 is 4.42 Å². The summed E-state index contributed by atoms with van der Waals surface area (Å²) in [5.74, 6) is 2.25. The molecule has 3 heterocycles. The van der Waals surface area contributed by atoms with Gasteiger partial charge in [-0.3, -0.25) is 4.90 Å². The summed E-state index contributed by atoms with van der Waals surface area (Å²) < 4.78 is 5.61. The third-order valence-electron chi connectivity index (χ3n) is 5.47. The highest BCUT2D eigenvalue weighted by Gasteiger charge is 2.18. The Kier molecular flexibility index (Phi) is 8.24. The van der Waals surface area contributed by atoms with Gasteiger partial charge in [0, 0.05) is 57.2 Å². The van der Waals surface area contributed by atoms with Gasteiger partial charge in [0.05, 0.1) is 6.54 Å². The molecule has 3 aromatic rings.